The third-order valence-electron chi connectivity index (χ3n) is 2.35. The van der Waals surface area contributed by atoms with Crippen LogP contribution in [0.3, 0.4) is 0 Å². The highest BCUT2D eigenvalue weighted by molar-refractivity contribution is 5.91. The summed E-state index contributed by atoms with van der Waals surface area (Å²) in [4.78, 5) is 19.5. The molecule has 17 heavy (non-hydrogen) atoms. The van der Waals surface area contributed by atoms with Crippen molar-refractivity contribution in [1.29, 1.82) is 0 Å². The Labute approximate surface area is 101 Å². The molecule has 0 unspecified atom stereocenters. The van der Waals surface area contributed by atoms with Gasteiger partial charge in [-0.3, -0.25) is 4.79 Å². The molecule has 0 aliphatic rings. The van der Waals surface area contributed by atoms with Crippen molar-refractivity contribution in [2.75, 3.05) is 12.0 Å². The molecule has 1 heterocycles. The van der Waals surface area contributed by atoms with Gasteiger partial charge in [0.2, 0.25) is 0 Å². The number of rotatable bonds is 7. The third kappa shape index (κ3) is 4.78. The quantitative estimate of drug-likeness (QED) is 0.375. The Morgan fingerprint density at radius 3 is 2.71 bits per heavy atom. The van der Waals surface area contributed by atoms with Gasteiger partial charge >= 0.3 is 0 Å². The topological polar surface area (TPSA) is 92.9 Å². The highest BCUT2D eigenvalue weighted by Crippen LogP contribution is 2.00. The molecule has 0 aromatic carbocycles. The fraction of sp³-hybridized carbons (Fsp3) is 0.545. The summed E-state index contributed by atoms with van der Waals surface area (Å²) < 4.78 is 0. The monoisotopic (exact) mass is 237 g/mol. The van der Waals surface area contributed by atoms with Gasteiger partial charge in [0, 0.05) is 6.54 Å². The van der Waals surface area contributed by atoms with E-state index in [1.54, 1.807) is 0 Å². The van der Waals surface area contributed by atoms with Gasteiger partial charge in [-0.25, -0.2) is 15.8 Å². The molecule has 6 nitrogen and oxygen atoms in total. The van der Waals surface area contributed by atoms with E-state index in [0.717, 1.165) is 12.8 Å². The van der Waals surface area contributed by atoms with Crippen molar-refractivity contribution < 1.29 is 4.79 Å². The Kier molecular flexibility index (Phi) is 5.95. The van der Waals surface area contributed by atoms with Crippen molar-refractivity contribution in [2.24, 2.45) is 5.84 Å². The van der Waals surface area contributed by atoms with Crippen molar-refractivity contribution in [3.8, 4) is 0 Å². The van der Waals surface area contributed by atoms with Crippen LogP contribution >= 0.6 is 0 Å². The fourth-order valence-electron chi connectivity index (χ4n) is 1.36. The molecule has 94 valence electrons. The van der Waals surface area contributed by atoms with Crippen molar-refractivity contribution >= 4 is 11.7 Å². The largest absolute Gasteiger partial charge is 0.351 e. The number of hydrogen-bond acceptors (Lipinski definition) is 5. The summed E-state index contributed by atoms with van der Waals surface area (Å²) in [5.74, 6) is 5.39. The maximum absolute atomic E-state index is 11.6. The van der Waals surface area contributed by atoms with Crippen LogP contribution in [0.4, 0.5) is 5.82 Å². The molecule has 0 radical (unpaired) electrons. The van der Waals surface area contributed by atoms with Gasteiger partial charge in [-0.1, -0.05) is 26.2 Å². The van der Waals surface area contributed by atoms with Gasteiger partial charge in [0.25, 0.3) is 5.91 Å². The Morgan fingerprint density at radius 1 is 1.29 bits per heavy atom. The lowest BCUT2D eigenvalue weighted by Crippen LogP contribution is -2.25. The average molecular weight is 237 g/mol. The van der Waals surface area contributed by atoms with Crippen LogP contribution in [-0.2, 0) is 0 Å². The van der Waals surface area contributed by atoms with E-state index in [1.807, 2.05) is 0 Å². The van der Waals surface area contributed by atoms with Crippen LogP contribution in [0.25, 0.3) is 0 Å². The third-order valence-corrected chi connectivity index (χ3v) is 2.35. The summed E-state index contributed by atoms with van der Waals surface area (Å²) in [6, 6.07) is 0. The van der Waals surface area contributed by atoms with E-state index in [0.29, 0.717) is 18.1 Å². The van der Waals surface area contributed by atoms with Crippen LogP contribution in [0.1, 0.15) is 43.1 Å². The van der Waals surface area contributed by atoms with E-state index >= 15 is 0 Å². The minimum Gasteiger partial charge on any atom is -0.351 e. The smallest absolute Gasteiger partial charge is 0.271 e. The molecule has 0 spiro atoms. The van der Waals surface area contributed by atoms with Gasteiger partial charge in [0.05, 0.1) is 12.4 Å². The second-order valence-corrected chi connectivity index (χ2v) is 3.75. The van der Waals surface area contributed by atoms with Gasteiger partial charge in [-0.2, -0.15) is 0 Å². The van der Waals surface area contributed by atoms with Crippen LogP contribution in [0.5, 0.6) is 0 Å². The second-order valence-electron chi connectivity index (χ2n) is 3.75. The molecule has 1 amide bonds. The first-order valence-electron chi connectivity index (χ1n) is 5.84. The lowest BCUT2D eigenvalue weighted by molar-refractivity contribution is 0.0947. The number of carbonyl (C=O) groups excluding carboxylic acids is 1. The van der Waals surface area contributed by atoms with E-state index in [1.165, 1.54) is 25.2 Å². The summed E-state index contributed by atoms with van der Waals surface area (Å²) >= 11 is 0. The van der Waals surface area contributed by atoms with Crippen LogP contribution in [0.2, 0.25) is 0 Å². The Bertz CT molecular complexity index is 338. The average Bonchev–Trinajstić information content (AvgIpc) is 2.38. The number of nitrogens with zero attached hydrogens (tertiary/aromatic N) is 2. The standard InChI is InChI=1S/C11H19N5O/c1-2-3-4-5-6-13-11(17)9-7-15-10(16-12)8-14-9/h7-8H,2-6,12H2,1H3,(H,13,17)(H,15,16). The summed E-state index contributed by atoms with van der Waals surface area (Å²) in [7, 11) is 0. The number of nitrogens with two attached hydrogens (primary N) is 1. The Morgan fingerprint density at radius 2 is 2.12 bits per heavy atom. The van der Waals surface area contributed by atoms with E-state index < -0.39 is 0 Å². The number of amides is 1. The molecule has 0 aliphatic heterocycles. The number of hydrogen-bond donors (Lipinski definition) is 3. The lowest BCUT2D eigenvalue weighted by atomic mass is 10.2. The van der Waals surface area contributed by atoms with Gasteiger partial charge in [0.1, 0.15) is 5.69 Å². The molecule has 0 atom stereocenters. The molecule has 0 bridgehead atoms. The minimum absolute atomic E-state index is 0.197. The van der Waals surface area contributed by atoms with Crippen LogP contribution in [-0.4, -0.2) is 22.4 Å². The fourth-order valence-corrected chi connectivity index (χ4v) is 1.36. The SMILES string of the molecule is CCCCCCNC(=O)c1cnc(NN)cn1. The molecule has 4 N–H and O–H groups in total. The molecule has 1 aromatic rings. The zero-order valence-electron chi connectivity index (χ0n) is 10.1. The van der Waals surface area contributed by atoms with E-state index in [2.05, 4.69) is 27.6 Å². The number of nitrogens with one attached hydrogen (secondary N) is 2. The van der Waals surface area contributed by atoms with Crippen LogP contribution in [0, 0.1) is 0 Å². The molecular formula is C11H19N5O. The summed E-state index contributed by atoms with van der Waals surface area (Å²) in [6.45, 7) is 2.83. The van der Waals surface area contributed by atoms with Crippen LogP contribution in [0.15, 0.2) is 12.4 Å². The lowest BCUT2D eigenvalue weighted by Gasteiger charge is -2.04. The second kappa shape index (κ2) is 7.56. The van der Waals surface area contributed by atoms with E-state index in [-0.39, 0.29) is 5.91 Å². The van der Waals surface area contributed by atoms with Crippen LogP contribution < -0.4 is 16.6 Å². The van der Waals surface area contributed by atoms with Gasteiger partial charge in [-0.05, 0) is 6.42 Å². The first-order valence-corrected chi connectivity index (χ1v) is 5.84. The van der Waals surface area contributed by atoms with E-state index in [9.17, 15) is 4.79 Å². The number of carbonyl (C=O) groups is 1. The Hall–Kier alpha value is -1.69. The highest BCUT2D eigenvalue weighted by atomic mass is 16.1. The predicted molar refractivity (Wildman–Crippen MR) is 66.3 cm³/mol. The maximum atomic E-state index is 11.6. The minimum atomic E-state index is -0.197. The van der Waals surface area contributed by atoms with Crippen molar-refractivity contribution in [2.45, 2.75) is 32.6 Å². The Balaban J connectivity index is 2.31. The number of nitrogen functional groups attached to an aromatic ring is 1. The number of anilines is 1. The predicted octanol–water partition coefficient (Wildman–Crippen LogP) is 1.07. The van der Waals surface area contributed by atoms with E-state index in [4.69, 9.17) is 5.84 Å². The molecule has 6 heteroatoms. The number of hydrazine groups is 1. The first kappa shape index (κ1) is 13.4. The zero-order chi connectivity index (χ0) is 12.5. The zero-order valence-corrected chi connectivity index (χ0v) is 10.1. The first-order chi connectivity index (χ1) is 8.27. The van der Waals surface area contributed by atoms with Gasteiger partial charge in [0.15, 0.2) is 5.82 Å². The molecule has 1 rings (SSSR count). The molecule has 1 aromatic heterocycles. The molecular weight excluding hydrogens is 218 g/mol. The molecule has 0 fully saturated rings. The maximum Gasteiger partial charge on any atom is 0.271 e. The molecule has 0 saturated heterocycles. The summed E-state index contributed by atoms with van der Waals surface area (Å²) in [5.41, 5.74) is 2.66. The normalized spacial score (nSPS) is 10.0. The van der Waals surface area contributed by atoms with Gasteiger partial charge in [-0.15, -0.1) is 0 Å². The molecule has 0 saturated carbocycles. The number of unbranched alkanes of at least 4 members (excludes halogenated alkanes) is 3. The van der Waals surface area contributed by atoms with Crippen molar-refractivity contribution in [1.82, 2.24) is 15.3 Å². The van der Waals surface area contributed by atoms with Crippen molar-refractivity contribution in [3.05, 3.63) is 18.1 Å². The number of aromatic nitrogens is 2. The van der Waals surface area contributed by atoms with Crippen molar-refractivity contribution in [3.63, 3.8) is 0 Å². The molecule has 0 aliphatic carbocycles. The van der Waals surface area contributed by atoms with Gasteiger partial charge < -0.3 is 10.7 Å². The summed E-state index contributed by atoms with van der Waals surface area (Å²) in [5, 5.41) is 2.80. The summed E-state index contributed by atoms with van der Waals surface area (Å²) in [6.07, 6.45) is 7.34. The highest BCUT2D eigenvalue weighted by Gasteiger charge is 2.06.